The van der Waals surface area contributed by atoms with E-state index in [1.807, 2.05) is 30.3 Å². The van der Waals surface area contributed by atoms with E-state index in [-0.39, 0.29) is 30.6 Å². The molecule has 1 aromatic heterocycles. The van der Waals surface area contributed by atoms with Gasteiger partial charge < -0.3 is 10.2 Å². The van der Waals surface area contributed by atoms with Gasteiger partial charge in [0.2, 0.25) is 11.8 Å². The molecular formula is C25H20FN3O2S. The molecule has 2 heterocycles. The van der Waals surface area contributed by atoms with Crippen LogP contribution in [0.2, 0.25) is 0 Å². The standard InChI is InChI=1S/C25H20FN3O2S/c1-15-2-11-21-22(12-15)32-25(28-21)16-3-7-19(8-4-16)27-24(31)17-13-23(30)29(14-17)20-9-5-18(26)6-10-20/h2-12,17H,13-14H2,1H3,(H,27,31)/t17-/m1/s1. The summed E-state index contributed by atoms with van der Waals surface area (Å²) < 4.78 is 14.3. The summed E-state index contributed by atoms with van der Waals surface area (Å²) in [6.45, 7) is 2.34. The molecule has 0 saturated carbocycles. The molecule has 4 aromatic rings. The van der Waals surface area contributed by atoms with Gasteiger partial charge in [-0.1, -0.05) is 6.07 Å². The highest BCUT2D eigenvalue weighted by Gasteiger charge is 2.35. The van der Waals surface area contributed by atoms with Crippen molar-refractivity contribution < 1.29 is 14.0 Å². The molecule has 1 aliphatic heterocycles. The van der Waals surface area contributed by atoms with Crippen LogP contribution in [0, 0.1) is 18.7 Å². The zero-order chi connectivity index (χ0) is 22.2. The van der Waals surface area contributed by atoms with Crippen LogP contribution in [0.5, 0.6) is 0 Å². The molecule has 0 aliphatic carbocycles. The average molecular weight is 446 g/mol. The monoisotopic (exact) mass is 445 g/mol. The first kappa shape index (κ1) is 20.3. The van der Waals surface area contributed by atoms with Crippen LogP contribution in [0.4, 0.5) is 15.8 Å². The molecule has 1 saturated heterocycles. The van der Waals surface area contributed by atoms with Crippen molar-refractivity contribution in [2.45, 2.75) is 13.3 Å². The number of carbonyl (C=O) groups excluding carboxylic acids is 2. The van der Waals surface area contributed by atoms with E-state index in [1.54, 1.807) is 23.5 Å². The maximum atomic E-state index is 13.2. The number of fused-ring (bicyclic) bond motifs is 1. The molecule has 5 nitrogen and oxygen atoms in total. The number of benzene rings is 3. The summed E-state index contributed by atoms with van der Waals surface area (Å²) in [6.07, 6.45) is 0.131. The van der Waals surface area contributed by atoms with Gasteiger partial charge in [0.05, 0.1) is 16.1 Å². The molecule has 160 valence electrons. The zero-order valence-corrected chi connectivity index (χ0v) is 18.2. The average Bonchev–Trinajstić information content (AvgIpc) is 3.38. The first-order valence-corrected chi connectivity index (χ1v) is 11.1. The Bertz CT molecular complexity index is 1320. The second-order valence-electron chi connectivity index (χ2n) is 7.94. The number of amides is 2. The largest absolute Gasteiger partial charge is 0.326 e. The highest BCUT2D eigenvalue weighted by atomic mass is 32.1. The van der Waals surface area contributed by atoms with Crippen LogP contribution in [-0.2, 0) is 9.59 Å². The van der Waals surface area contributed by atoms with Gasteiger partial charge in [-0.15, -0.1) is 11.3 Å². The molecule has 5 rings (SSSR count). The summed E-state index contributed by atoms with van der Waals surface area (Å²) in [7, 11) is 0. The molecule has 7 heteroatoms. The molecule has 1 atom stereocenters. The number of aryl methyl sites for hydroxylation is 1. The highest BCUT2D eigenvalue weighted by molar-refractivity contribution is 7.21. The third kappa shape index (κ3) is 3.99. The molecule has 0 unspecified atom stereocenters. The first-order chi connectivity index (χ1) is 15.5. The van der Waals surface area contributed by atoms with Crippen molar-refractivity contribution in [1.82, 2.24) is 4.98 Å². The van der Waals surface area contributed by atoms with Gasteiger partial charge in [-0.05, 0) is 73.2 Å². The number of hydrogen-bond donors (Lipinski definition) is 1. The van der Waals surface area contributed by atoms with Crippen LogP contribution in [-0.4, -0.2) is 23.3 Å². The van der Waals surface area contributed by atoms with E-state index in [9.17, 15) is 14.0 Å². The zero-order valence-electron chi connectivity index (χ0n) is 17.3. The molecule has 3 aromatic carbocycles. The molecule has 1 N–H and O–H groups in total. The van der Waals surface area contributed by atoms with E-state index in [0.29, 0.717) is 11.4 Å². The van der Waals surface area contributed by atoms with Crippen LogP contribution >= 0.6 is 11.3 Å². The Morgan fingerprint density at radius 2 is 1.84 bits per heavy atom. The van der Waals surface area contributed by atoms with E-state index in [2.05, 4.69) is 24.4 Å². The van der Waals surface area contributed by atoms with E-state index >= 15 is 0 Å². The Hall–Kier alpha value is -3.58. The van der Waals surface area contributed by atoms with Crippen LogP contribution in [0.1, 0.15) is 12.0 Å². The van der Waals surface area contributed by atoms with Crippen LogP contribution in [0.15, 0.2) is 66.7 Å². The summed E-state index contributed by atoms with van der Waals surface area (Å²) in [4.78, 5) is 31.3. The molecule has 0 spiro atoms. The smallest absolute Gasteiger partial charge is 0.229 e. The number of aromatic nitrogens is 1. The van der Waals surface area contributed by atoms with Crippen molar-refractivity contribution in [2.75, 3.05) is 16.8 Å². The van der Waals surface area contributed by atoms with Crippen molar-refractivity contribution >= 4 is 44.7 Å². The summed E-state index contributed by atoms with van der Waals surface area (Å²) in [5.41, 5.74) is 4.43. The molecular weight excluding hydrogens is 425 g/mol. The SMILES string of the molecule is Cc1ccc2nc(-c3ccc(NC(=O)[C@@H]4CC(=O)N(c5ccc(F)cc5)C4)cc3)sc2c1. The second kappa shape index (κ2) is 8.16. The Morgan fingerprint density at radius 3 is 2.59 bits per heavy atom. The number of nitrogens with zero attached hydrogens (tertiary/aromatic N) is 2. The summed E-state index contributed by atoms with van der Waals surface area (Å²) >= 11 is 1.64. The number of nitrogens with one attached hydrogen (secondary N) is 1. The predicted molar refractivity (Wildman–Crippen MR) is 125 cm³/mol. The predicted octanol–water partition coefficient (Wildman–Crippen LogP) is 5.40. The Kier molecular flexibility index (Phi) is 5.19. The van der Waals surface area contributed by atoms with Gasteiger partial charge in [0.1, 0.15) is 10.8 Å². The Labute approximate surface area is 188 Å². The number of hydrogen-bond acceptors (Lipinski definition) is 4. The van der Waals surface area contributed by atoms with Crippen molar-refractivity contribution in [2.24, 2.45) is 5.92 Å². The van der Waals surface area contributed by atoms with Crippen molar-refractivity contribution in [3.05, 3.63) is 78.1 Å². The second-order valence-corrected chi connectivity index (χ2v) is 8.97. The lowest BCUT2D eigenvalue weighted by molar-refractivity contribution is -0.122. The van der Waals surface area contributed by atoms with Crippen LogP contribution in [0.3, 0.4) is 0 Å². The maximum absolute atomic E-state index is 13.2. The minimum absolute atomic E-state index is 0.131. The highest BCUT2D eigenvalue weighted by Crippen LogP contribution is 2.32. The van der Waals surface area contributed by atoms with Gasteiger partial charge in [0.25, 0.3) is 0 Å². The molecule has 0 bridgehead atoms. The number of halogens is 1. The lowest BCUT2D eigenvalue weighted by Crippen LogP contribution is -2.28. The van der Waals surface area contributed by atoms with Gasteiger partial charge in [0, 0.05) is 29.9 Å². The Morgan fingerprint density at radius 1 is 1.09 bits per heavy atom. The van der Waals surface area contributed by atoms with Crippen molar-refractivity contribution in [1.29, 1.82) is 0 Å². The third-order valence-electron chi connectivity index (χ3n) is 5.58. The number of rotatable bonds is 4. The molecule has 0 radical (unpaired) electrons. The van der Waals surface area contributed by atoms with Gasteiger partial charge in [-0.2, -0.15) is 0 Å². The van der Waals surface area contributed by atoms with E-state index in [4.69, 9.17) is 4.98 Å². The van der Waals surface area contributed by atoms with Gasteiger partial charge in [-0.3, -0.25) is 9.59 Å². The third-order valence-corrected chi connectivity index (χ3v) is 6.64. The molecule has 1 fully saturated rings. The topological polar surface area (TPSA) is 62.3 Å². The van der Waals surface area contributed by atoms with Crippen LogP contribution in [0.25, 0.3) is 20.8 Å². The number of thiazole rings is 1. The minimum atomic E-state index is -0.459. The quantitative estimate of drug-likeness (QED) is 0.457. The van der Waals surface area contributed by atoms with Gasteiger partial charge >= 0.3 is 0 Å². The van der Waals surface area contributed by atoms with Crippen molar-refractivity contribution in [3.63, 3.8) is 0 Å². The lowest BCUT2D eigenvalue weighted by Gasteiger charge is -2.16. The molecule has 1 aliphatic rings. The fourth-order valence-corrected chi connectivity index (χ4v) is 4.92. The summed E-state index contributed by atoms with van der Waals surface area (Å²) in [5, 5.41) is 3.83. The van der Waals surface area contributed by atoms with Gasteiger partial charge in [0.15, 0.2) is 0 Å². The maximum Gasteiger partial charge on any atom is 0.229 e. The molecule has 32 heavy (non-hydrogen) atoms. The number of anilines is 2. The van der Waals surface area contributed by atoms with E-state index in [0.717, 1.165) is 20.8 Å². The fraction of sp³-hybridized carbons (Fsp3) is 0.160. The van der Waals surface area contributed by atoms with E-state index in [1.165, 1.54) is 22.6 Å². The van der Waals surface area contributed by atoms with E-state index < -0.39 is 5.92 Å². The number of carbonyl (C=O) groups is 2. The lowest BCUT2D eigenvalue weighted by atomic mass is 10.1. The van der Waals surface area contributed by atoms with Crippen molar-refractivity contribution in [3.8, 4) is 10.6 Å². The summed E-state index contributed by atoms with van der Waals surface area (Å²) in [6, 6.07) is 19.5. The molecule has 2 amide bonds. The Balaban J connectivity index is 1.26. The van der Waals surface area contributed by atoms with Crippen LogP contribution < -0.4 is 10.2 Å². The first-order valence-electron chi connectivity index (χ1n) is 10.3. The normalized spacial score (nSPS) is 16.0. The fourth-order valence-electron chi connectivity index (χ4n) is 3.85. The summed E-state index contributed by atoms with van der Waals surface area (Å²) in [5.74, 6) is -1.16. The van der Waals surface area contributed by atoms with Gasteiger partial charge in [-0.25, -0.2) is 9.37 Å². The minimum Gasteiger partial charge on any atom is -0.326 e.